The highest BCUT2D eigenvalue weighted by molar-refractivity contribution is 9.10. The zero-order valence-electron chi connectivity index (χ0n) is 15.7. The average Bonchev–Trinajstić information content (AvgIpc) is 3.07. The number of hydrogen-bond acceptors (Lipinski definition) is 5. The number of aromatic nitrogens is 1. The van der Waals surface area contributed by atoms with Crippen LogP contribution in [-0.2, 0) is 4.74 Å². The lowest BCUT2D eigenvalue weighted by molar-refractivity contribution is -0.00294. The Hall–Kier alpha value is -1.41. The fourth-order valence-corrected chi connectivity index (χ4v) is 5.39. The molecule has 1 amide bonds. The molecular weight excluding hydrogens is 415 g/mol. The number of carbonyl (C=O) groups is 1. The summed E-state index contributed by atoms with van der Waals surface area (Å²) < 4.78 is 19.1. The molecule has 1 aromatic rings. The maximum Gasteiger partial charge on any atom is 0.409 e. The highest BCUT2D eigenvalue weighted by Gasteiger charge is 2.51. The van der Waals surface area contributed by atoms with E-state index in [2.05, 4.69) is 30.7 Å². The first-order valence-electron chi connectivity index (χ1n) is 9.71. The smallest absolute Gasteiger partial charge is 0.409 e. The minimum atomic E-state index is -0.321. The predicted octanol–water partition coefficient (Wildman–Crippen LogP) is 3.12. The molecule has 1 saturated carbocycles. The molecule has 0 radical (unpaired) electrons. The third-order valence-corrected chi connectivity index (χ3v) is 6.76. The molecular formula is C19H26BrFN4O2. The lowest BCUT2D eigenvalue weighted by Crippen LogP contribution is -2.58. The lowest BCUT2D eigenvalue weighted by atomic mass is 9.78. The van der Waals surface area contributed by atoms with E-state index in [1.54, 1.807) is 0 Å². The Morgan fingerprint density at radius 2 is 2.11 bits per heavy atom. The minimum absolute atomic E-state index is 0.169. The van der Waals surface area contributed by atoms with Crippen molar-refractivity contribution in [2.75, 3.05) is 50.8 Å². The minimum Gasteiger partial charge on any atom is -0.450 e. The second-order valence-corrected chi connectivity index (χ2v) is 8.79. The average molecular weight is 441 g/mol. The molecule has 1 aromatic heterocycles. The molecule has 1 atom stereocenters. The van der Waals surface area contributed by atoms with Crippen LogP contribution in [0, 0.1) is 11.2 Å². The molecule has 0 bridgehead atoms. The van der Waals surface area contributed by atoms with Gasteiger partial charge in [-0.15, -0.1) is 0 Å². The van der Waals surface area contributed by atoms with E-state index in [-0.39, 0.29) is 11.9 Å². The number of amides is 1. The summed E-state index contributed by atoms with van der Waals surface area (Å²) in [7, 11) is 0. The van der Waals surface area contributed by atoms with Crippen LogP contribution in [0.2, 0.25) is 0 Å². The summed E-state index contributed by atoms with van der Waals surface area (Å²) in [5.41, 5.74) is 0.302. The van der Waals surface area contributed by atoms with Gasteiger partial charge in [0.1, 0.15) is 11.6 Å². The predicted molar refractivity (Wildman–Crippen MR) is 104 cm³/mol. The standard InChI is InChI=1S/C19H26BrFN4O2/c1-2-27-18(26)25-12-19(13-25)4-3-15(10-19)23-5-7-24(8-6-23)17-16(20)9-14(21)11-22-17/h9,11,15H,2-8,10,12-13H2,1H3. The molecule has 0 N–H and O–H groups in total. The molecule has 3 aliphatic rings. The van der Waals surface area contributed by atoms with Crippen molar-refractivity contribution in [2.24, 2.45) is 5.41 Å². The number of piperazine rings is 1. The molecule has 2 aliphatic heterocycles. The van der Waals surface area contributed by atoms with Crippen molar-refractivity contribution in [1.29, 1.82) is 0 Å². The lowest BCUT2D eigenvalue weighted by Gasteiger charge is -2.48. The first-order valence-corrected chi connectivity index (χ1v) is 10.5. The Balaban J connectivity index is 1.28. The summed E-state index contributed by atoms with van der Waals surface area (Å²) in [6.07, 6.45) is 4.67. The largest absolute Gasteiger partial charge is 0.450 e. The van der Waals surface area contributed by atoms with Gasteiger partial charge in [-0.2, -0.15) is 0 Å². The fourth-order valence-electron chi connectivity index (χ4n) is 4.82. The van der Waals surface area contributed by atoms with Crippen molar-refractivity contribution < 1.29 is 13.9 Å². The van der Waals surface area contributed by atoms with E-state index >= 15 is 0 Å². The summed E-state index contributed by atoms with van der Waals surface area (Å²) in [5.74, 6) is 0.501. The zero-order chi connectivity index (χ0) is 19.0. The van der Waals surface area contributed by atoms with Crippen LogP contribution in [-0.4, -0.2) is 72.8 Å². The van der Waals surface area contributed by atoms with E-state index in [1.165, 1.54) is 31.5 Å². The summed E-state index contributed by atoms with van der Waals surface area (Å²) in [4.78, 5) is 22.7. The van der Waals surface area contributed by atoms with Crippen LogP contribution in [0.15, 0.2) is 16.7 Å². The summed E-state index contributed by atoms with van der Waals surface area (Å²) >= 11 is 3.42. The first-order chi connectivity index (χ1) is 13.0. The molecule has 148 valence electrons. The molecule has 4 rings (SSSR count). The molecule has 2 saturated heterocycles. The number of rotatable bonds is 3. The molecule has 8 heteroatoms. The summed E-state index contributed by atoms with van der Waals surface area (Å²) in [6, 6.07) is 2.07. The van der Waals surface area contributed by atoms with Crippen LogP contribution in [0.1, 0.15) is 26.2 Å². The van der Waals surface area contributed by atoms with Crippen molar-refractivity contribution in [3.05, 3.63) is 22.6 Å². The Kier molecular flexibility index (Phi) is 5.29. The summed E-state index contributed by atoms with van der Waals surface area (Å²) in [6.45, 7) is 7.75. The quantitative estimate of drug-likeness (QED) is 0.722. The van der Waals surface area contributed by atoms with Crippen LogP contribution >= 0.6 is 15.9 Å². The maximum atomic E-state index is 13.3. The second-order valence-electron chi connectivity index (χ2n) is 7.93. The van der Waals surface area contributed by atoms with E-state index in [9.17, 15) is 9.18 Å². The third-order valence-electron chi connectivity index (χ3n) is 6.17. The van der Waals surface area contributed by atoms with Crippen LogP contribution in [0.3, 0.4) is 0 Å². The number of halogens is 2. The van der Waals surface area contributed by atoms with Gasteiger partial charge in [-0.25, -0.2) is 14.2 Å². The van der Waals surface area contributed by atoms with Crippen molar-refractivity contribution in [2.45, 2.75) is 32.2 Å². The Morgan fingerprint density at radius 3 is 2.78 bits per heavy atom. The summed E-state index contributed by atoms with van der Waals surface area (Å²) in [5, 5.41) is 0. The first kappa shape index (κ1) is 18.9. The van der Waals surface area contributed by atoms with Gasteiger partial charge < -0.3 is 14.5 Å². The maximum absolute atomic E-state index is 13.3. The van der Waals surface area contributed by atoms with Gasteiger partial charge in [0.15, 0.2) is 0 Å². The van der Waals surface area contributed by atoms with Crippen molar-refractivity contribution >= 4 is 27.8 Å². The van der Waals surface area contributed by atoms with Crippen LogP contribution < -0.4 is 4.90 Å². The van der Waals surface area contributed by atoms with E-state index in [1.807, 2.05) is 11.8 Å². The van der Waals surface area contributed by atoms with Gasteiger partial charge in [0.05, 0.1) is 17.3 Å². The topological polar surface area (TPSA) is 48.9 Å². The number of likely N-dealkylation sites (tertiary alicyclic amines) is 1. The SMILES string of the molecule is CCOC(=O)N1CC2(CCC(N3CCN(c4ncc(F)cc4Br)CC3)C2)C1. The van der Waals surface area contributed by atoms with Gasteiger partial charge in [-0.3, -0.25) is 4.90 Å². The normalized spacial score (nSPS) is 24.9. The van der Waals surface area contributed by atoms with Crippen molar-refractivity contribution in [3.63, 3.8) is 0 Å². The van der Waals surface area contributed by atoms with E-state index in [0.29, 0.717) is 22.5 Å². The molecule has 27 heavy (non-hydrogen) atoms. The monoisotopic (exact) mass is 440 g/mol. The Labute approximate surface area is 167 Å². The fraction of sp³-hybridized carbons (Fsp3) is 0.684. The van der Waals surface area contributed by atoms with Gasteiger partial charge in [0, 0.05) is 50.7 Å². The molecule has 3 heterocycles. The van der Waals surface area contributed by atoms with Gasteiger partial charge in [-0.1, -0.05) is 0 Å². The van der Waals surface area contributed by atoms with Gasteiger partial charge in [0.2, 0.25) is 0 Å². The molecule has 6 nitrogen and oxygen atoms in total. The van der Waals surface area contributed by atoms with Crippen LogP contribution in [0.25, 0.3) is 0 Å². The molecule has 1 unspecified atom stereocenters. The Morgan fingerprint density at radius 1 is 1.37 bits per heavy atom. The van der Waals surface area contributed by atoms with Crippen LogP contribution in [0.5, 0.6) is 0 Å². The number of carbonyl (C=O) groups excluding carboxylic acids is 1. The number of anilines is 1. The van der Waals surface area contributed by atoms with Gasteiger partial charge in [0.25, 0.3) is 0 Å². The molecule has 0 aromatic carbocycles. The highest BCUT2D eigenvalue weighted by atomic mass is 79.9. The van der Waals surface area contributed by atoms with Crippen molar-refractivity contribution in [1.82, 2.24) is 14.8 Å². The third kappa shape index (κ3) is 3.78. The molecule has 1 aliphatic carbocycles. The number of nitrogens with zero attached hydrogens (tertiary/aromatic N) is 4. The van der Waals surface area contributed by atoms with E-state index in [4.69, 9.17) is 4.74 Å². The van der Waals surface area contributed by atoms with Gasteiger partial charge in [-0.05, 0) is 48.2 Å². The van der Waals surface area contributed by atoms with E-state index < -0.39 is 0 Å². The number of hydrogen-bond donors (Lipinski definition) is 0. The molecule has 1 spiro atoms. The highest BCUT2D eigenvalue weighted by Crippen LogP contribution is 2.47. The second kappa shape index (κ2) is 7.54. The molecule has 3 fully saturated rings. The van der Waals surface area contributed by atoms with Gasteiger partial charge >= 0.3 is 6.09 Å². The van der Waals surface area contributed by atoms with E-state index in [0.717, 1.165) is 45.1 Å². The van der Waals surface area contributed by atoms with Crippen molar-refractivity contribution in [3.8, 4) is 0 Å². The number of ether oxygens (including phenoxy) is 1. The Bertz CT molecular complexity index is 705. The van der Waals surface area contributed by atoms with Crippen LogP contribution in [0.4, 0.5) is 15.0 Å². The number of pyridine rings is 1. The zero-order valence-corrected chi connectivity index (χ0v) is 17.3.